The van der Waals surface area contributed by atoms with Crippen molar-refractivity contribution in [3.63, 3.8) is 0 Å². The minimum atomic E-state index is -0.223. The third-order valence-corrected chi connectivity index (χ3v) is 3.56. The second-order valence-electron chi connectivity index (χ2n) is 4.23. The number of carbonyl (C=O) groups excluding carboxylic acids is 2. The molecule has 2 amide bonds. The average Bonchev–Trinajstić information content (AvgIpc) is 2.99. The van der Waals surface area contributed by atoms with Crippen LogP contribution in [-0.2, 0) is 11.3 Å². The Morgan fingerprint density at radius 1 is 1.30 bits per heavy atom. The van der Waals surface area contributed by atoms with Crippen molar-refractivity contribution in [3.8, 4) is 0 Å². The lowest BCUT2D eigenvalue weighted by Gasteiger charge is -2.16. The van der Waals surface area contributed by atoms with Crippen molar-refractivity contribution < 1.29 is 9.59 Å². The fourth-order valence-electron chi connectivity index (χ4n) is 1.61. The van der Waals surface area contributed by atoms with Gasteiger partial charge in [0.15, 0.2) is 0 Å². The van der Waals surface area contributed by atoms with Gasteiger partial charge < -0.3 is 10.2 Å². The van der Waals surface area contributed by atoms with Crippen molar-refractivity contribution in [2.24, 2.45) is 0 Å². The molecule has 2 rings (SSSR count). The smallest absolute Gasteiger partial charge is 0.261 e. The number of thiophene rings is 1. The molecule has 1 N–H and O–H groups in total. The van der Waals surface area contributed by atoms with E-state index in [2.05, 4.69) is 10.3 Å². The number of nitrogens with zero attached hydrogens (tertiary/aromatic N) is 2. The Kier molecular flexibility index (Phi) is 4.84. The van der Waals surface area contributed by atoms with Crippen molar-refractivity contribution in [3.05, 3.63) is 52.5 Å². The van der Waals surface area contributed by atoms with Crippen molar-refractivity contribution in [1.29, 1.82) is 0 Å². The Labute approximate surface area is 121 Å². The third-order valence-electron chi connectivity index (χ3n) is 2.70. The fraction of sp³-hybridized carbons (Fsp3) is 0.214. The first kappa shape index (κ1) is 14.2. The first-order valence-corrected chi connectivity index (χ1v) is 7.00. The van der Waals surface area contributed by atoms with E-state index in [-0.39, 0.29) is 18.4 Å². The standard InChI is InChI=1S/C14H15N3O2S/c1-17(10-11-5-2-3-7-15-11)13(18)9-16-14(19)12-6-4-8-20-12/h2-8H,9-10H2,1H3,(H,16,19). The van der Waals surface area contributed by atoms with Gasteiger partial charge in [0.05, 0.1) is 23.7 Å². The molecule has 0 radical (unpaired) electrons. The molecule has 0 saturated carbocycles. The van der Waals surface area contributed by atoms with E-state index >= 15 is 0 Å². The largest absolute Gasteiger partial charge is 0.342 e. The summed E-state index contributed by atoms with van der Waals surface area (Å²) in [5.74, 6) is -0.375. The van der Waals surface area contributed by atoms with E-state index < -0.39 is 0 Å². The normalized spacial score (nSPS) is 10.1. The Balaban J connectivity index is 1.81. The summed E-state index contributed by atoms with van der Waals surface area (Å²) < 4.78 is 0. The van der Waals surface area contributed by atoms with Crippen LogP contribution in [0.5, 0.6) is 0 Å². The zero-order chi connectivity index (χ0) is 14.4. The molecule has 0 aliphatic carbocycles. The van der Waals surface area contributed by atoms with Gasteiger partial charge in [-0.15, -0.1) is 11.3 Å². The highest BCUT2D eigenvalue weighted by Crippen LogP contribution is 2.07. The monoisotopic (exact) mass is 289 g/mol. The van der Waals surface area contributed by atoms with Crippen LogP contribution >= 0.6 is 11.3 Å². The molecule has 6 heteroatoms. The summed E-state index contributed by atoms with van der Waals surface area (Å²) in [5.41, 5.74) is 0.813. The molecule has 0 aliphatic rings. The fourth-order valence-corrected chi connectivity index (χ4v) is 2.25. The first-order valence-electron chi connectivity index (χ1n) is 6.12. The molecule has 0 spiro atoms. The zero-order valence-electron chi connectivity index (χ0n) is 11.1. The maximum atomic E-state index is 11.9. The highest BCUT2D eigenvalue weighted by Gasteiger charge is 2.12. The van der Waals surface area contributed by atoms with E-state index in [0.29, 0.717) is 11.4 Å². The summed E-state index contributed by atoms with van der Waals surface area (Å²) in [5, 5.41) is 4.43. The molecular formula is C14H15N3O2S. The summed E-state index contributed by atoms with van der Waals surface area (Å²) in [4.78, 5) is 29.9. The number of pyridine rings is 1. The van der Waals surface area contributed by atoms with Crippen molar-refractivity contribution in [2.45, 2.75) is 6.54 Å². The topological polar surface area (TPSA) is 62.3 Å². The number of amides is 2. The van der Waals surface area contributed by atoms with Gasteiger partial charge in [-0.1, -0.05) is 12.1 Å². The molecule has 5 nitrogen and oxygen atoms in total. The number of nitrogens with one attached hydrogen (secondary N) is 1. The number of hydrogen-bond donors (Lipinski definition) is 1. The molecule has 2 heterocycles. The summed E-state index contributed by atoms with van der Waals surface area (Å²) >= 11 is 1.35. The second kappa shape index (κ2) is 6.81. The molecule has 0 atom stereocenters. The second-order valence-corrected chi connectivity index (χ2v) is 5.18. The third kappa shape index (κ3) is 3.89. The van der Waals surface area contributed by atoms with Crippen LogP contribution in [-0.4, -0.2) is 35.3 Å². The Hall–Kier alpha value is -2.21. The molecule has 0 aliphatic heterocycles. The minimum absolute atomic E-state index is 0.0138. The quantitative estimate of drug-likeness (QED) is 0.908. The SMILES string of the molecule is CN(Cc1ccccn1)C(=O)CNC(=O)c1cccs1. The summed E-state index contributed by atoms with van der Waals surface area (Å²) in [6.07, 6.45) is 1.69. The predicted octanol–water partition coefficient (Wildman–Crippen LogP) is 1.53. The van der Waals surface area contributed by atoms with Crippen LogP contribution in [0.1, 0.15) is 15.4 Å². The molecule has 0 unspecified atom stereocenters. The molecule has 2 aromatic rings. The van der Waals surface area contributed by atoms with E-state index in [0.717, 1.165) is 5.69 Å². The average molecular weight is 289 g/mol. The molecule has 2 aromatic heterocycles. The van der Waals surface area contributed by atoms with Gasteiger partial charge in [0.25, 0.3) is 5.91 Å². The lowest BCUT2D eigenvalue weighted by atomic mass is 10.3. The molecule has 0 bridgehead atoms. The zero-order valence-corrected chi connectivity index (χ0v) is 11.9. The van der Waals surface area contributed by atoms with Crippen LogP contribution in [0.3, 0.4) is 0 Å². The van der Waals surface area contributed by atoms with E-state index in [1.807, 2.05) is 23.6 Å². The first-order chi connectivity index (χ1) is 9.66. The molecule has 20 heavy (non-hydrogen) atoms. The van der Waals surface area contributed by atoms with Crippen molar-refractivity contribution in [2.75, 3.05) is 13.6 Å². The summed E-state index contributed by atoms with van der Waals surface area (Å²) in [7, 11) is 1.69. The lowest BCUT2D eigenvalue weighted by Crippen LogP contribution is -2.37. The van der Waals surface area contributed by atoms with Crippen LogP contribution < -0.4 is 5.32 Å². The Morgan fingerprint density at radius 2 is 2.15 bits per heavy atom. The van der Waals surface area contributed by atoms with Gasteiger partial charge in [-0.05, 0) is 23.6 Å². The number of likely N-dealkylation sites (N-methyl/N-ethyl adjacent to an activating group) is 1. The number of hydrogen-bond acceptors (Lipinski definition) is 4. The Morgan fingerprint density at radius 3 is 2.80 bits per heavy atom. The van der Waals surface area contributed by atoms with Gasteiger partial charge in [-0.3, -0.25) is 14.6 Å². The molecule has 0 fully saturated rings. The maximum absolute atomic E-state index is 11.9. The molecular weight excluding hydrogens is 274 g/mol. The highest BCUT2D eigenvalue weighted by atomic mass is 32.1. The Bertz CT molecular complexity index is 569. The van der Waals surface area contributed by atoms with Gasteiger partial charge >= 0.3 is 0 Å². The summed E-state index contributed by atoms with van der Waals surface area (Å²) in [6, 6.07) is 9.08. The predicted molar refractivity (Wildman–Crippen MR) is 77.4 cm³/mol. The maximum Gasteiger partial charge on any atom is 0.261 e. The number of aromatic nitrogens is 1. The van der Waals surface area contributed by atoms with E-state index in [1.54, 1.807) is 25.4 Å². The highest BCUT2D eigenvalue weighted by molar-refractivity contribution is 7.12. The van der Waals surface area contributed by atoms with Gasteiger partial charge in [0.2, 0.25) is 5.91 Å². The van der Waals surface area contributed by atoms with Crippen LogP contribution in [0, 0.1) is 0 Å². The number of rotatable bonds is 5. The van der Waals surface area contributed by atoms with Crippen molar-refractivity contribution >= 4 is 23.2 Å². The van der Waals surface area contributed by atoms with Crippen molar-refractivity contribution in [1.82, 2.24) is 15.2 Å². The molecule has 0 saturated heterocycles. The van der Waals surface area contributed by atoms with E-state index in [4.69, 9.17) is 0 Å². The van der Waals surface area contributed by atoms with Crippen LogP contribution in [0.15, 0.2) is 41.9 Å². The van der Waals surface area contributed by atoms with Crippen LogP contribution in [0.2, 0.25) is 0 Å². The summed E-state index contributed by atoms with van der Waals surface area (Å²) in [6.45, 7) is 0.411. The van der Waals surface area contributed by atoms with Gasteiger partial charge in [-0.25, -0.2) is 0 Å². The molecule has 0 aromatic carbocycles. The van der Waals surface area contributed by atoms with Crippen LogP contribution in [0.4, 0.5) is 0 Å². The van der Waals surface area contributed by atoms with Crippen LogP contribution in [0.25, 0.3) is 0 Å². The minimum Gasteiger partial charge on any atom is -0.342 e. The number of carbonyl (C=O) groups is 2. The van der Waals surface area contributed by atoms with Gasteiger partial charge in [0, 0.05) is 13.2 Å². The van der Waals surface area contributed by atoms with Gasteiger partial charge in [-0.2, -0.15) is 0 Å². The van der Waals surface area contributed by atoms with E-state index in [9.17, 15) is 9.59 Å². The van der Waals surface area contributed by atoms with E-state index in [1.165, 1.54) is 16.2 Å². The van der Waals surface area contributed by atoms with Gasteiger partial charge in [0.1, 0.15) is 0 Å². The molecule has 104 valence electrons. The lowest BCUT2D eigenvalue weighted by molar-refractivity contribution is -0.129.